The third kappa shape index (κ3) is 3.53. The van der Waals surface area contributed by atoms with Gasteiger partial charge in [0, 0.05) is 61.8 Å². The van der Waals surface area contributed by atoms with E-state index in [0.717, 1.165) is 0 Å². The lowest BCUT2D eigenvalue weighted by molar-refractivity contribution is -0.132. The summed E-state index contributed by atoms with van der Waals surface area (Å²) >= 11 is 0. The number of furan rings is 1. The third-order valence-corrected chi connectivity index (χ3v) is 6.16. The van der Waals surface area contributed by atoms with E-state index in [4.69, 9.17) is 9.15 Å². The lowest BCUT2D eigenvalue weighted by atomic mass is 9.93. The van der Waals surface area contributed by atoms with Crippen LogP contribution in [-0.2, 0) is 14.3 Å². The number of allylic oxidation sites excluding steroid dienone is 3. The fourth-order valence-electron chi connectivity index (χ4n) is 4.42. The number of hydrogen-bond donors (Lipinski definition) is 2. The van der Waals surface area contributed by atoms with E-state index in [1.165, 1.54) is 12.1 Å². The highest BCUT2D eigenvalue weighted by molar-refractivity contribution is 6.35. The maximum Gasteiger partial charge on any atom is 0.348 e. The highest BCUT2D eigenvalue weighted by Gasteiger charge is 2.42. The van der Waals surface area contributed by atoms with Crippen LogP contribution in [0.3, 0.4) is 0 Å². The highest BCUT2D eigenvalue weighted by atomic mass is 16.5. The lowest BCUT2D eigenvalue weighted by Gasteiger charge is -2.24. The van der Waals surface area contributed by atoms with E-state index >= 15 is 0 Å². The number of rotatable bonds is 8. The molecule has 2 aliphatic rings. The fourth-order valence-corrected chi connectivity index (χ4v) is 4.42. The first kappa shape index (κ1) is 23.2. The van der Waals surface area contributed by atoms with Gasteiger partial charge in [-0.25, -0.2) is 4.79 Å². The number of anilines is 1. The lowest BCUT2D eigenvalue weighted by Crippen LogP contribution is -2.24. The van der Waals surface area contributed by atoms with Crippen molar-refractivity contribution >= 4 is 34.2 Å². The number of Topliss-reactive ketones (excluding diaryl/α,β-unsaturated/α-hetero) is 1. The largest absolute Gasteiger partial charge is 0.507 e. The summed E-state index contributed by atoms with van der Waals surface area (Å²) in [5.74, 6) is -3.57. The van der Waals surface area contributed by atoms with Crippen LogP contribution < -0.4 is 4.90 Å². The molecule has 1 aliphatic carbocycles. The zero-order chi connectivity index (χ0) is 24.7. The Bertz CT molecular complexity index is 1300. The van der Waals surface area contributed by atoms with Crippen LogP contribution in [0.15, 0.2) is 51.3 Å². The Morgan fingerprint density at radius 1 is 0.941 bits per heavy atom. The van der Waals surface area contributed by atoms with Gasteiger partial charge in [0.1, 0.15) is 28.2 Å². The van der Waals surface area contributed by atoms with Crippen LogP contribution in [0.1, 0.15) is 38.1 Å². The second-order valence-electron chi connectivity index (χ2n) is 7.88. The predicted molar refractivity (Wildman–Crippen MR) is 125 cm³/mol. The molecule has 9 heteroatoms. The van der Waals surface area contributed by atoms with Crippen molar-refractivity contribution in [3.05, 3.63) is 52.5 Å². The molecule has 0 amide bonds. The zero-order valence-electron chi connectivity index (χ0n) is 19.5. The van der Waals surface area contributed by atoms with Gasteiger partial charge in [-0.05, 0) is 27.7 Å². The minimum absolute atomic E-state index is 0.0110. The average molecular weight is 466 g/mol. The number of phenols is 1. The number of phenolic OH excluding ortho intramolecular Hbond substituents is 1. The van der Waals surface area contributed by atoms with Crippen molar-refractivity contribution in [3.8, 4) is 11.7 Å². The molecule has 0 fully saturated rings. The summed E-state index contributed by atoms with van der Waals surface area (Å²) < 4.78 is 10.6. The Hall–Kier alpha value is -4.01. The molecule has 0 saturated heterocycles. The summed E-state index contributed by atoms with van der Waals surface area (Å²) in [6.45, 7) is 10.4. The average Bonchev–Trinajstić information content (AvgIpc) is 3.31. The smallest absolute Gasteiger partial charge is 0.348 e. The monoisotopic (exact) mass is 466 g/mol. The zero-order valence-corrected chi connectivity index (χ0v) is 19.5. The number of ketones is 2. The van der Waals surface area contributed by atoms with Gasteiger partial charge in [-0.3, -0.25) is 9.59 Å². The second kappa shape index (κ2) is 8.74. The minimum Gasteiger partial charge on any atom is -0.507 e. The maximum absolute atomic E-state index is 13.5. The Balaban J connectivity index is 1.83. The summed E-state index contributed by atoms with van der Waals surface area (Å²) in [7, 11) is 0. The predicted octanol–water partition coefficient (Wildman–Crippen LogP) is 3.42. The summed E-state index contributed by atoms with van der Waals surface area (Å²) in [6, 6.07) is 3.06. The summed E-state index contributed by atoms with van der Waals surface area (Å²) in [5.41, 5.74) is 0.232. The number of ether oxygens (including phenoxy) is 1. The topological polar surface area (TPSA) is 121 Å². The molecule has 1 aromatic heterocycles. The van der Waals surface area contributed by atoms with Crippen LogP contribution in [-0.4, -0.2) is 58.8 Å². The number of nitrogens with zero attached hydrogens (tertiary/aromatic N) is 2. The van der Waals surface area contributed by atoms with Crippen molar-refractivity contribution in [1.29, 1.82) is 0 Å². The molecule has 178 valence electrons. The number of aromatic hydroxyl groups is 2. The van der Waals surface area contributed by atoms with Gasteiger partial charge < -0.3 is 29.2 Å². The number of fused-ring (bicyclic) bond motifs is 2. The van der Waals surface area contributed by atoms with E-state index in [2.05, 4.69) is 0 Å². The Morgan fingerprint density at radius 2 is 1.59 bits per heavy atom. The van der Waals surface area contributed by atoms with Crippen molar-refractivity contribution in [1.82, 2.24) is 4.90 Å². The standard InChI is InChI=1S/C25H26N2O7/c1-5-26(6-2)13-9-15(28)19-17(11-13)33-24(31)21(19)23(30)22-20-16(29)10-14(27(7-3)8-4)12-18(20)34-25(22)32/h9-12,28,31H,5-8H2,1-4H3. The van der Waals surface area contributed by atoms with E-state index in [0.29, 0.717) is 37.6 Å². The molecule has 9 nitrogen and oxygen atoms in total. The van der Waals surface area contributed by atoms with Gasteiger partial charge in [-0.2, -0.15) is 0 Å². The van der Waals surface area contributed by atoms with Gasteiger partial charge in [-0.1, -0.05) is 0 Å². The first-order valence-corrected chi connectivity index (χ1v) is 11.2. The number of carbonyl (C=O) groups is 3. The molecular weight excluding hydrogens is 440 g/mol. The van der Waals surface area contributed by atoms with Gasteiger partial charge in [0.2, 0.25) is 5.78 Å². The molecule has 2 N–H and O–H groups in total. The van der Waals surface area contributed by atoms with Gasteiger partial charge in [0.15, 0.2) is 5.78 Å². The fraction of sp³-hybridized carbons (Fsp3) is 0.320. The van der Waals surface area contributed by atoms with Crippen LogP contribution in [0.5, 0.6) is 11.7 Å². The quantitative estimate of drug-likeness (QED) is 0.342. The van der Waals surface area contributed by atoms with Crippen molar-refractivity contribution in [2.45, 2.75) is 27.7 Å². The molecule has 0 bridgehead atoms. The first-order valence-electron chi connectivity index (χ1n) is 11.2. The highest BCUT2D eigenvalue weighted by Crippen LogP contribution is 2.43. The maximum atomic E-state index is 13.5. The second-order valence-corrected chi connectivity index (χ2v) is 7.88. The van der Waals surface area contributed by atoms with E-state index in [1.807, 2.05) is 37.5 Å². The number of benzene rings is 1. The molecule has 4 rings (SSSR count). The van der Waals surface area contributed by atoms with Crippen LogP contribution in [0, 0.1) is 0 Å². The molecule has 0 spiro atoms. The molecule has 1 aliphatic heterocycles. The van der Waals surface area contributed by atoms with Crippen LogP contribution >= 0.6 is 0 Å². The molecule has 0 radical (unpaired) electrons. The van der Waals surface area contributed by atoms with Crippen molar-refractivity contribution < 1.29 is 33.8 Å². The van der Waals surface area contributed by atoms with Gasteiger partial charge in [0.25, 0.3) is 5.95 Å². The van der Waals surface area contributed by atoms with Crippen LogP contribution in [0.2, 0.25) is 0 Å². The van der Waals surface area contributed by atoms with Crippen LogP contribution in [0.4, 0.5) is 5.69 Å². The SMILES string of the molecule is CCN(CC)C1=CC(=O)C2=C(C(=O)c3c(O)oc4cc(N(CC)CC)cc(O)c34)C(=O)OC2=C1. The Labute approximate surface area is 196 Å². The Kier molecular flexibility index (Phi) is 5.95. The van der Waals surface area contributed by atoms with Crippen LogP contribution in [0.25, 0.3) is 11.0 Å². The molecule has 34 heavy (non-hydrogen) atoms. The molecule has 2 heterocycles. The van der Waals surface area contributed by atoms with Crippen molar-refractivity contribution in [3.63, 3.8) is 0 Å². The molecule has 0 saturated carbocycles. The van der Waals surface area contributed by atoms with E-state index < -0.39 is 34.6 Å². The number of esters is 1. The molecule has 1 aromatic carbocycles. The first-order chi connectivity index (χ1) is 16.2. The third-order valence-electron chi connectivity index (χ3n) is 6.16. The minimum atomic E-state index is -0.998. The van der Waals surface area contributed by atoms with E-state index in [9.17, 15) is 24.6 Å². The number of hydrogen-bond acceptors (Lipinski definition) is 9. The Morgan fingerprint density at radius 3 is 2.21 bits per heavy atom. The molecule has 0 atom stereocenters. The number of likely N-dealkylation sites (N-methyl/N-ethyl adjacent to an activating group) is 1. The van der Waals surface area contributed by atoms with E-state index in [1.54, 1.807) is 12.1 Å². The molecule has 2 aromatic rings. The number of carbonyl (C=O) groups excluding carboxylic acids is 3. The van der Waals surface area contributed by atoms with Gasteiger partial charge >= 0.3 is 5.97 Å². The van der Waals surface area contributed by atoms with Gasteiger partial charge in [-0.15, -0.1) is 0 Å². The van der Waals surface area contributed by atoms with Crippen molar-refractivity contribution in [2.75, 3.05) is 31.1 Å². The molecule has 0 unspecified atom stereocenters. The van der Waals surface area contributed by atoms with E-state index in [-0.39, 0.29) is 28.1 Å². The normalized spacial score (nSPS) is 15.3. The summed E-state index contributed by atoms with van der Waals surface area (Å²) in [5, 5.41) is 21.1. The van der Waals surface area contributed by atoms with Gasteiger partial charge in [0.05, 0.1) is 11.0 Å². The summed E-state index contributed by atoms with van der Waals surface area (Å²) in [4.78, 5) is 42.9. The molecular formula is C25H26N2O7. The van der Waals surface area contributed by atoms with Crippen molar-refractivity contribution in [2.24, 2.45) is 0 Å². The summed E-state index contributed by atoms with van der Waals surface area (Å²) in [6.07, 6.45) is 2.89.